The second-order valence-corrected chi connectivity index (χ2v) is 4.99. The lowest BCUT2D eigenvalue weighted by Gasteiger charge is -2.06. The fraction of sp³-hybridized carbons (Fsp3) is 0.500. The highest BCUT2D eigenvalue weighted by atomic mass is 16.2. The summed E-state index contributed by atoms with van der Waals surface area (Å²) < 4.78 is 0. The Labute approximate surface area is 120 Å². The molecule has 0 spiro atoms. The fourth-order valence-electron chi connectivity index (χ4n) is 1.79. The minimum atomic E-state index is -0.951. The van der Waals surface area contributed by atoms with Gasteiger partial charge in [0.15, 0.2) is 17.6 Å². The van der Waals surface area contributed by atoms with Crippen molar-refractivity contribution in [2.24, 2.45) is 10.2 Å². The zero-order valence-corrected chi connectivity index (χ0v) is 12.4. The predicted molar refractivity (Wildman–Crippen MR) is 79.3 cm³/mol. The third-order valence-corrected chi connectivity index (χ3v) is 3.04. The molecule has 0 bridgehead atoms. The van der Waals surface area contributed by atoms with Crippen LogP contribution in [0.4, 0.5) is 5.69 Å². The quantitative estimate of drug-likeness (QED) is 0.405. The highest BCUT2D eigenvalue weighted by Crippen LogP contribution is 2.15. The van der Waals surface area contributed by atoms with Crippen molar-refractivity contribution in [1.29, 1.82) is 0 Å². The lowest BCUT2D eigenvalue weighted by atomic mass is 10.0. The van der Waals surface area contributed by atoms with Gasteiger partial charge in [0.05, 0.1) is 5.69 Å². The van der Waals surface area contributed by atoms with Crippen LogP contribution in [0.2, 0.25) is 0 Å². The maximum absolute atomic E-state index is 12.0. The van der Waals surface area contributed by atoms with Gasteiger partial charge in [0.2, 0.25) is 0 Å². The zero-order chi connectivity index (χ0) is 15.0. The average Bonchev–Trinajstić information content (AvgIpc) is 2.41. The first kappa shape index (κ1) is 16.2. The van der Waals surface area contributed by atoms with Crippen molar-refractivity contribution in [3.05, 3.63) is 29.8 Å². The van der Waals surface area contributed by atoms with Crippen LogP contribution in [0.25, 0.3) is 0 Å². The second-order valence-electron chi connectivity index (χ2n) is 4.99. The molecule has 4 heteroatoms. The van der Waals surface area contributed by atoms with Crippen molar-refractivity contribution in [2.75, 3.05) is 0 Å². The molecule has 0 aliphatic heterocycles. The molecular weight excluding hydrogens is 252 g/mol. The van der Waals surface area contributed by atoms with Crippen LogP contribution in [-0.2, 0) is 9.59 Å². The molecule has 108 valence electrons. The summed E-state index contributed by atoms with van der Waals surface area (Å²) in [5.41, 5.74) is 1.78. The van der Waals surface area contributed by atoms with E-state index >= 15 is 0 Å². The monoisotopic (exact) mass is 274 g/mol. The predicted octanol–water partition coefficient (Wildman–Crippen LogP) is 4.19. The highest BCUT2D eigenvalue weighted by Gasteiger charge is 2.22. The number of hydrogen-bond acceptors (Lipinski definition) is 4. The lowest BCUT2D eigenvalue weighted by molar-refractivity contribution is -0.127. The van der Waals surface area contributed by atoms with E-state index in [0.717, 1.165) is 24.8 Å². The summed E-state index contributed by atoms with van der Waals surface area (Å²) in [6, 6.07) is 6.52. The van der Waals surface area contributed by atoms with E-state index in [0.29, 0.717) is 12.1 Å². The molecule has 4 nitrogen and oxygen atoms in total. The van der Waals surface area contributed by atoms with E-state index in [-0.39, 0.29) is 11.6 Å². The van der Waals surface area contributed by atoms with Gasteiger partial charge in [-0.2, -0.15) is 10.2 Å². The summed E-state index contributed by atoms with van der Waals surface area (Å²) in [4.78, 5) is 23.5. The number of unbranched alkanes of at least 4 members (excludes halogenated alkanes) is 2. The van der Waals surface area contributed by atoms with E-state index in [2.05, 4.69) is 17.2 Å². The number of azo groups is 1. The van der Waals surface area contributed by atoms with Gasteiger partial charge in [-0.15, -0.1) is 0 Å². The van der Waals surface area contributed by atoms with Crippen LogP contribution in [0, 0.1) is 6.92 Å². The molecule has 0 heterocycles. The number of ketones is 2. The maximum Gasteiger partial charge on any atom is 0.187 e. The third kappa shape index (κ3) is 5.43. The molecule has 0 radical (unpaired) electrons. The van der Waals surface area contributed by atoms with Gasteiger partial charge < -0.3 is 0 Å². The average molecular weight is 274 g/mol. The first-order chi connectivity index (χ1) is 9.54. The van der Waals surface area contributed by atoms with E-state index in [1.807, 2.05) is 31.2 Å². The summed E-state index contributed by atoms with van der Waals surface area (Å²) >= 11 is 0. The van der Waals surface area contributed by atoms with Crippen LogP contribution < -0.4 is 0 Å². The van der Waals surface area contributed by atoms with Gasteiger partial charge in [-0.05, 0) is 32.4 Å². The Balaban J connectivity index is 2.69. The Kier molecular flexibility index (Phi) is 6.77. The van der Waals surface area contributed by atoms with Gasteiger partial charge in [0, 0.05) is 6.42 Å². The summed E-state index contributed by atoms with van der Waals surface area (Å²) in [7, 11) is 0. The number of rotatable bonds is 8. The summed E-state index contributed by atoms with van der Waals surface area (Å²) in [6.07, 6.45) is 3.23. The maximum atomic E-state index is 12.0. The number of carbonyl (C=O) groups is 2. The van der Waals surface area contributed by atoms with Crippen LogP contribution in [0.15, 0.2) is 34.5 Å². The molecule has 1 aromatic rings. The number of aryl methyl sites for hydroxylation is 1. The molecular formula is C16H22N2O2. The van der Waals surface area contributed by atoms with E-state index < -0.39 is 6.04 Å². The van der Waals surface area contributed by atoms with Crippen LogP contribution >= 0.6 is 0 Å². The molecule has 20 heavy (non-hydrogen) atoms. The number of carbonyl (C=O) groups excluding carboxylic acids is 2. The number of benzene rings is 1. The van der Waals surface area contributed by atoms with Gasteiger partial charge in [-0.1, -0.05) is 37.5 Å². The smallest absolute Gasteiger partial charge is 0.187 e. The minimum absolute atomic E-state index is 0.137. The second kappa shape index (κ2) is 8.35. The van der Waals surface area contributed by atoms with E-state index in [4.69, 9.17) is 0 Å². The van der Waals surface area contributed by atoms with Crippen LogP contribution in [-0.4, -0.2) is 17.6 Å². The van der Waals surface area contributed by atoms with E-state index in [1.54, 1.807) is 0 Å². The van der Waals surface area contributed by atoms with Crippen molar-refractivity contribution in [3.63, 3.8) is 0 Å². The Morgan fingerprint density at radius 3 is 2.35 bits per heavy atom. The normalized spacial score (nSPS) is 12.6. The lowest BCUT2D eigenvalue weighted by Crippen LogP contribution is -2.25. The minimum Gasteiger partial charge on any atom is -0.297 e. The summed E-state index contributed by atoms with van der Waals surface area (Å²) in [5.74, 6) is -0.385. The molecule has 1 unspecified atom stereocenters. The van der Waals surface area contributed by atoms with Gasteiger partial charge in [-0.3, -0.25) is 9.59 Å². The molecule has 0 N–H and O–H groups in total. The fourth-order valence-corrected chi connectivity index (χ4v) is 1.79. The van der Waals surface area contributed by atoms with E-state index in [9.17, 15) is 9.59 Å². The first-order valence-corrected chi connectivity index (χ1v) is 7.05. The van der Waals surface area contributed by atoms with Crippen molar-refractivity contribution < 1.29 is 9.59 Å². The highest BCUT2D eigenvalue weighted by molar-refractivity contribution is 6.05. The zero-order valence-electron chi connectivity index (χ0n) is 12.4. The van der Waals surface area contributed by atoms with Crippen LogP contribution in [0.1, 0.15) is 45.1 Å². The largest absolute Gasteiger partial charge is 0.297 e. The third-order valence-electron chi connectivity index (χ3n) is 3.04. The standard InChI is InChI=1S/C16H22N2O2/c1-4-5-6-7-15(20)16(13(3)19)18-17-14-10-8-12(2)9-11-14/h8-11,16H,4-7H2,1-3H3. The molecule has 0 saturated carbocycles. The van der Waals surface area contributed by atoms with Crippen LogP contribution in [0.5, 0.6) is 0 Å². The van der Waals surface area contributed by atoms with E-state index in [1.165, 1.54) is 6.92 Å². The van der Waals surface area contributed by atoms with Crippen molar-refractivity contribution >= 4 is 17.3 Å². The number of Topliss-reactive ketones (excluding diaryl/α,β-unsaturated/α-hetero) is 2. The van der Waals surface area contributed by atoms with Crippen LogP contribution in [0.3, 0.4) is 0 Å². The van der Waals surface area contributed by atoms with Gasteiger partial charge in [0.25, 0.3) is 0 Å². The van der Waals surface area contributed by atoms with Crippen molar-refractivity contribution in [1.82, 2.24) is 0 Å². The molecule has 0 fully saturated rings. The molecule has 1 atom stereocenters. The van der Waals surface area contributed by atoms with Crippen molar-refractivity contribution in [3.8, 4) is 0 Å². The topological polar surface area (TPSA) is 58.9 Å². The molecule has 0 aliphatic carbocycles. The molecule has 1 rings (SSSR count). The van der Waals surface area contributed by atoms with Crippen molar-refractivity contribution in [2.45, 2.75) is 52.5 Å². The van der Waals surface area contributed by atoms with Gasteiger partial charge in [-0.25, -0.2) is 0 Å². The SMILES string of the molecule is CCCCCC(=O)C(N=Nc1ccc(C)cc1)C(C)=O. The Morgan fingerprint density at radius 1 is 1.15 bits per heavy atom. The molecule has 1 aromatic carbocycles. The van der Waals surface area contributed by atoms with Gasteiger partial charge >= 0.3 is 0 Å². The molecule has 0 amide bonds. The Morgan fingerprint density at radius 2 is 1.80 bits per heavy atom. The first-order valence-electron chi connectivity index (χ1n) is 7.05. The molecule has 0 aliphatic rings. The summed E-state index contributed by atoms with van der Waals surface area (Å²) in [6.45, 7) is 5.44. The molecule has 0 saturated heterocycles. The molecule has 0 aromatic heterocycles. The number of hydrogen-bond donors (Lipinski definition) is 0. The number of nitrogens with zero attached hydrogens (tertiary/aromatic N) is 2. The van der Waals surface area contributed by atoms with Gasteiger partial charge in [0.1, 0.15) is 0 Å². The Bertz CT molecular complexity index is 478. The Hall–Kier alpha value is -1.84. The summed E-state index contributed by atoms with van der Waals surface area (Å²) in [5, 5.41) is 7.93.